The Kier molecular flexibility index (Phi) is 5.24. The van der Waals surface area contributed by atoms with Crippen molar-refractivity contribution < 1.29 is 23.1 Å². The van der Waals surface area contributed by atoms with E-state index >= 15 is 0 Å². The van der Waals surface area contributed by atoms with Crippen LogP contribution in [0.15, 0.2) is 41.1 Å². The van der Waals surface area contributed by atoms with Crippen LogP contribution >= 0.6 is 0 Å². The van der Waals surface area contributed by atoms with Gasteiger partial charge in [-0.3, -0.25) is 9.59 Å². The lowest BCUT2D eigenvalue weighted by atomic mass is 10.0. The van der Waals surface area contributed by atoms with E-state index < -0.39 is 12.2 Å². The molecule has 9 heteroatoms. The number of halogens is 1. The van der Waals surface area contributed by atoms with Crippen LogP contribution in [-0.2, 0) is 0 Å². The zero-order chi connectivity index (χ0) is 25.1. The van der Waals surface area contributed by atoms with Crippen LogP contribution in [0.4, 0.5) is 4.39 Å². The minimum atomic E-state index is -0.992. The van der Waals surface area contributed by atoms with Crippen molar-refractivity contribution in [2.24, 2.45) is 5.92 Å². The highest BCUT2D eigenvalue weighted by Gasteiger charge is 2.40. The molecule has 0 bridgehead atoms. The van der Waals surface area contributed by atoms with Crippen LogP contribution in [0.2, 0.25) is 0 Å². The summed E-state index contributed by atoms with van der Waals surface area (Å²) in [4.78, 5) is 27.3. The Morgan fingerprint density at radius 3 is 2.78 bits per heavy atom. The van der Waals surface area contributed by atoms with E-state index in [0.29, 0.717) is 57.5 Å². The molecule has 186 valence electrons. The molecule has 1 N–H and O–H groups in total. The summed E-state index contributed by atoms with van der Waals surface area (Å²) in [6.07, 6.45) is 4.59. The number of amides is 2. The van der Waals surface area contributed by atoms with Crippen LogP contribution in [0.25, 0.3) is 16.5 Å². The first-order valence-electron chi connectivity index (χ1n) is 12.2. The summed E-state index contributed by atoms with van der Waals surface area (Å²) in [5.41, 5.74) is 2.94. The SMILES string of the molecule is Cc1oc2cc(Oc3ccnn4cc(C(=O)N5C[C@H](F)[C@@H]5C)c(C)c34)ccc2c1C(=O)NCC1CC1. The molecule has 6 rings (SSSR count). The molecule has 2 aliphatic rings. The smallest absolute Gasteiger partial charge is 0.256 e. The third-order valence-electron chi connectivity index (χ3n) is 7.31. The van der Waals surface area contributed by atoms with E-state index in [9.17, 15) is 14.0 Å². The van der Waals surface area contributed by atoms with Crippen molar-refractivity contribution in [1.82, 2.24) is 19.8 Å². The molecular weight excluding hydrogens is 463 g/mol. The number of carbonyl (C=O) groups is 2. The third-order valence-corrected chi connectivity index (χ3v) is 7.31. The lowest BCUT2D eigenvalue weighted by Crippen LogP contribution is -2.58. The fourth-order valence-corrected chi connectivity index (χ4v) is 4.83. The molecule has 1 aromatic carbocycles. The second-order valence-corrected chi connectivity index (χ2v) is 9.82. The molecule has 2 fully saturated rings. The summed E-state index contributed by atoms with van der Waals surface area (Å²) in [5, 5.41) is 8.06. The van der Waals surface area contributed by atoms with Gasteiger partial charge in [0.15, 0.2) is 5.75 Å². The molecule has 1 aliphatic carbocycles. The molecule has 8 nitrogen and oxygen atoms in total. The van der Waals surface area contributed by atoms with Gasteiger partial charge in [-0.25, -0.2) is 8.91 Å². The summed E-state index contributed by atoms with van der Waals surface area (Å²) >= 11 is 0. The van der Waals surface area contributed by atoms with Gasteiger partial charge in [0.05, 0.1) is 29.9 Å². The highest BCUT2D eigenvalue weighted by Crippen LogP contribution is 2.35. The molecule has 2 amide bonds. The molecule has 2 atom stereocenters. The summed E-state index contributed by atoms with van der Waals surface area (Å²) < 4.78 is 27.3. The predicted molar refractivity (Wildman–Crippen MR) is 131 cm³/mol. The molecule has 0 radical (unpaired) electrons. The van der Waals surface area contributed by atoms with Crippen molar-refractivity contribution in [3.05, 3.63) is 59.1 Å². The van der Waals surface area contributed by atoms with E-state index in [1.54, 1.807) is 49.0 Å². The average Bonchev–Trinajstić information content (AvgIpc) is 3.55. The molecule has 0 spiro atoms. The summed E-state index contributed by atoms with van der Waals surface area (Å²) in [6, 6.07) is 6.66. The van der Waals surface area contributed by atoms with Crippen molar-refractivity contribution >= 4 is 28.3 Å². The fourth-order valence-electron chi connectivity index (χ4n) is 4.83. The van der Waals surface area contributed by atoms with Crippen LogP contribution < -0.4 is 10.1 Å². The maximum absolute atomic E-state index is 13.6. The summed E-state index contributed by atoms with van der Waals surface area (Å²) in [6.45, 7) is 6.12. The number of alkyl halides is 1. The maximum atomic E-state index is 13.6. The Balaban J connectivity index is 1.29. The van der Waals surface area contributed by atoms with Crippen molar-refractivity contribution in [2.75, 3.05) is 13.1 Å². The number of nitrogens with zero attached hydrogens (tertiary/aromatic N) is 3. The quantitative estimate of drug-likeness (QED) is 0.419. The number of furan rings is 1. The van der Waals surface area contributed by atoms with Gasteiger partial charge in [-0.05, 0) is 57.2 Å². The molecule has 36 heavy (non-hydrogen) atoms. The normalized spacial score (nSPS) is 19.5. The number of hydrogen-bond acceptors (Lipinski definition) is 5. The number of aromatic nitrogens is 2. The molecule has 1 saturated heterocycles. The zero-order valence-electron chi connectivity index (χ0n) is 20.4. The maximum Gasteiger partial charge on any atom is 0.256 e. The number of benzene rings is 1. The minimum absolute atomic E-state index is 0.103. The summed E-state index contributed by atoms with van der Waals surface area (Å²) in [5.74, 6) is 1.85. The molecular formula is C27H27FN4O4. The van der Waals surface area contributed by atoms with Gasteiger partial charge in [-0.2, -0.15) is 5.10 Å². The number of nitrogens with one attached hydrogen (secondary N) is 1. The van der Waals surface area contributed by atoms with E-state index in [0.717, 1.165) is 5.39 Å². The molecule has 1 saturated carbocycles. The highest BCUT2D eigenvalue weighted by molar-refractivity contribution is 6.07. The first-order chi connectivity index (χ1) is 17.3. The van der Waals surface area contributed by atoms with Crippen molar-refractivity contribution in [3.63, 3.8) is 0 Å². The molecule has 4 aromatic rings. The Morgan fingerprint density at radius 2 is 2.06 bits per heavy atom. The largest absolute Gasteiger partial charge is 0.460 e. The van der Waals surface area contributed by atoms with E-state index in [1.165, 1.54) is 17.7 Å². The van der Waals surface area contributed by atoms with Gasteiger partial charge < -0.3 is 19.4 Å². The number of rotatable bonds is 6. The Bertz CT molecular complexity index is 1520. The molecule has 1 aliphatic heterocycles. The van der Waals surface area contributed by atoms with Gasteiger partial charge in [-0.15, -0.1) is 0 Å². The minimum Gasteiger partial charge on any atom is -0.460 e. The number of fused-ring (bicyclic) bond motifs is 2. The Hall–Kier alpha value is -3.88. The first kappa shape index (κ1) is 22.6. The van der Waals surface area contributed by atoms with Crippen LogP contribution in [-0.4, -0.2) is 51.6 Å². The molecule has 4 heterocycles. The number of ether oxygens (including phenoxy) is 1. The van der Waals surface area contributed by atoms with E-state index in [4.69, 9.17) is 9.15 Å². The Morgan fingerprint density at radius 1 is 1.25 bits per heavy atom. The van der Waals surface area contributed by atoms with Crippen LogP contribution in [0.3, 0.4) is 0 Å². The van der Waals surface area contributed by atoms with E-state index in [2.05, 4.69) is 10.4 Å². The van der Waals surface area contributed by atoms with Gasteiger partial charge >= 0.3 is 0 Å². The lowest BCUT2D eigenvalue weighted by Gasteiger charge is -2.41. The highest BCUT2D eigenvalue weighted by atomic mass is 19.1. The fraction of sp³-hybridized carbons (Fsp3) is 0.370. The standard InChI is InChI=1S/C27H27FN4O4/c1-14-20(27(34)31-13-21(28)15(31)2)12-32-25(14)22(8-9-30-32)36-18-6-7-19-23(10-18)35-16(3)24(19)26(33)29-11-17-4-5-17/h6-10,12,15,17,21H,4-5,11,13H2,1-3H3,(H,29,33)/t15-,21-/m0/s1. The van der Waals surface area contributed by atoms with Gasteiger partial charge in [0.25, 0.3) is 11.8 Å². The topological polar surface area (TPSA) is 89.1 Å². The van der Waals surface area contributed by atoms with Crippen molar-refractivity contribution in [1.29, 1.82) is 0 Å². The van der Waals surface area contributed by atoms with Gasteiger partial charge in [-0.1, -0.05) is 0 Å². The number of hydrogen-bond donors (Lipinski definition) is 1. The second kappa shape index (κ2) is 8.36. The average molecular weight is 491 g/mol. The van der Waals surface area contributed by atoms with E-state index in [1.807, 2.05) is 13.0 Å². The van der Waals surface area contributed by atoms with Crippen molar-refractivity contribution in [2.45, 2.75) is 45.8 Å². The van der Waals surface area contributed by atoms with Crippen LogP contribution in [0.5, 0.6) is 11.5 Å². The van der Waals surface area contributed by atoms with E-state index in [-0.39, 0.29) is 18.4 Å². The number of aryl methyl sites for hydroxylation is 2. The summed E-state index contributed by atoms with van der Waals surface area (Å²) in [7, 11) is 0. The number of carbonyl (C=O) groups excluding carboxylic acids is 2. The lowest BCUT2D eigenvalue weighted by molar-refractivity contribution is 0.00637. The molecule has 0 unspecified atom stereocenters. The monoisotopic (exact) mass is 490 g/mol. The van der Waals surface area contributed by atoms with Gasteiger partial charge in [0, 0.05) is 30.3 Å². The predicted octanol–water partition coefficient (Wildman–Crippen LogP) is 4.81. The van der Waals surface area contributed by atoms with Gasteiger partial charge in [0.1, 0.15) is 28.8 Å². The second-order valence-electron chi connectivity index (χ2n) is 9.82. The zero-order valence-corrected chi connectivity index (χ0v) is 20.4. The third kappa shape index (κ3) is 3.70. The number of likely N-dealkylation sites (tertiary alicyclic amines) is 1. The van der Waals surface area contributed by atoms with Crippen LogP contribution in [0, 0.1) is 19.8 Å². The van der Waals surface area contributed by atoms with Crippen molar-refractivity contribution in [3.8, 4) is 11.5 Å². The molecule has 3 aromatic heterocycles. The van der Waals surface area contributed by atoms with Gasteiger partial charge in [0.2, 0.25) is 0 Å². The first-order valence-corrected chi connectivity index (χ1v) is 12.2. The van der Waals surface area contributed by atoms with Crippen LogP contribution in [0.1, 0.15) is 51.8 Å². The Labute approximate surface area is 207 Å².